The van der Waals surface area contributed by atoms with E-state index in [2.05, 4.69) is 21.7 Å². The molecule has 0 saturated carbocycles. The van der Waals surface area contributed by atoms with Gasteiger partial charge in [-0.05, 0) is 24.1 Å². The van der Waals surface area contributed by atoms with E-state index in [4.69, 9.17) is 5.73 Å². The number of nitrogens with two attached hydrogens (primary N) is 1. The van der Waals surface area contributed by atoms with Crippen molar-refractivity contribution in [1.29, 1.82) is 0 Å². The van der Waals surface area contributed by atoms with Crippen LogP contribution in [0.25, 0.3) is 11.0 Å². The van der Waals surface area contributed by atoms with Gasteiger partial charge in [0, 0.05) is 13.0 Å². The van der Waals surface area contributed by atoms with Crippen LogP contribution in [0.3, 0.4) is 0 Å². The Morgan fingerprint density at radius 3 is 2.57 bits per heavy atom. The van der Waals surface area contributed by atoms with Crippen molar-refractivity contribution in [3.63, 3.8) is 0 Å². The van der Waals surface area contributed by atoms with Crippen molar-refractivity contribution in [3.8, 4) is 0 Å². The number of nitrogen functional groups attached to an aromatic ring is 1. The highest BCUT2D eigenvalue weighted by molar-refractivity contribution is 5.87. The summed E-state index contributed by atoms with van der Waals surface area (Å²) in [5.74, 6) is 0.973. The van der Waals surface area contributed by atoms with Gasteiger partial charge in [-0.3, -0.25) is 0 Å². The molecular formula is C17H19N3O. The van der Waals surface area contributed by atoms with Crippen LogP contribution in [0.4, 0.5) is 5.69 Å². The molecule has 0 bridgehead atoms. The summed E-state index contributed by atoms with van der Waals surface area (Å²) in [7, 11) is 0. The van der Waals surface area contributed by atoms with E-state index in [9.17, 15) is 5.11 Å². The summed E-state index contributed by atoms with van der Waals surface area (Å²) in [5.41, 5.74) is 9.79. The summed E-state index contributed by atoms with van der Waals surface area (Å²) in [6.07, 6.45) is 1.76. The molecule has 0 saturated heterocycles. The summed E-state index contributed by atoms with van der Waals surface area (Å²) in [6, 6.07) is 16.1. The highest BCUT2D eigenvalue weighted by atomic mass is 16.3. The molecule has 1 heterocycles. The Balaban J connectivity index is 1.93. The second-order valence-corrected chi connectivity index (χ2v) is 5.10. The summed E-state index contributed by atoms with van der Waals surface area (Å²) in [4.78, 5) is 4.67. The van der Waals surface area contributed by atoms with Crippen LogP contribution >= 0.6 is 0 Å². The van der Waals surface area contributed by atoms with E-state index in [0.29, 0.717) is 12.2 Å². The minimum absolute atomic E-state index is 0.0958. The Hall–Kier alpha value is -2.33. The highest BCUT2D eigenvalue weighted by Crippen LogP contribution is 2.22. The summed E-state index contributed by atoms with van der Waals surface area (Å²) >= 11 is 0. The molecule has 108 valence electrons. The van der Waals surface area contributed by atoms with Gasteiger partial charge in [0.15, 0.2) is 0 Å². The van der Waals surface area contributed by atoms with Crippen molar-refractivity contribution in [2.75, 3.05) is 12.3 Å². The Bertz CT molecular complexity index is 734. The largest absolute Gasteiger partial charge is 0.397 e. The zero-order valence-electron chi connectivity index (χ0n) is 11.9. The number of aromatic nitrogens is 2. The van der Waals surface area contributed by atoms with Gasteiger partial charge in [0.1, 0.15) is 11.3 Å². The maximum atomic E-state index is 9.30. The van der Waals surface area contributed by atoms with Gasteiger partial charge >= 0.3 is 0 Å². The van der Waals surface area contributed by atoms with E-state index in [-0.39, 0.29) is 6.61 Å². The molecular weight excluding hydrogens is 262 g/mol. The highest BCUT2D eigenvalue weighted by Gasteiger charge is 2.12. The normalized spacial score (nSPS) is 11.1. The molecule has 3 aromatic rings. The van der Waals surface area contributed by atoms with Gasteiger partial charge in [-0.15, -0.1) is 0 Å². The van der Waals surface area contributed by atoms with Crippen molar-refractivity contribution in [2.45, 2.75) is 19.4 Å². The molecule has 21 heavy (non-hydrogen) atoms. The lowest BCUT2D eigenvalue weighted by Gasteiger charge is -2.07. The molecule has 0 fully saturated rings. The molecule has 0 aliphatic heterocycles. The van der Waals surface area contributed by atoms with Crippen molar-refractivity contribution < 1.29 is 5.11 Å². The third-order valence-corrected chi connectivity index (χ3v) is 3.69. The fourth-order valence-corrected chi connectivity index (χ4v) is 2.66. The van der Waals surface area contributed by atoms with E-state index >= 15 is 0 Å². The van der Waals surface area contributed by atoms with Crippen LogP contribution in [-0.4, -0.2) is 21.3 Å². The molecule has 3 N–H and O–H groups in total. The molecule has 0 atom stereocenters. The first-order valence-electron chi connectivity index (χ1n) is 7.18. The predicted molar refractivity (Wildman–Crippen MR) is 85.1 cm³/mol. The van der Waals surface area contributed by atoms with Crippen molar-refractivity contribution >= 4 is 16.7 Å². The number of aliphatic hydroxyl groups excluding tert-OH is 1. The molecule has 1 aromatic heterocycles. The van der Waals surface area contributed by atoms with Gasteiger partial charge in [0.25, 0.3) is 0 Å². The number of para-hydroxylation sites is 1. The minimum atomic E-state index is 0.0958. The first kappa shape index (κ1) is 13.6. The van der Waals surface area contributed by atoms with Gasteiger partial charge in [0.05, 0.1) is 17.8 Å². The Morgan fingerprint density at radius 1 is 1.00 bits per heavy atom. The van der Waals surface area contributed by atoms with E-state index in [1.165, 1.54) is 5.56 Å². The van der Waals surface area contributed by atoms with Gasteiger partial charge < -0.3 is 15.4 Å². The van der Waals surface area contributed by atoms with Gasteiger partial charge in [-0.1, -0.05) is 36.4 Å². The average Bonchev–Trinajstić information content (AvgIpc) is 2.86. The number of rotatable bonds is 5. The number of nitrogens with zero attached hydrogens (tertiary/aromatic N) is 2. The zero-order valence-corrected chi connectivity index (χ0v) is 11.9. The number of benzene rings is 2. The fraction of sp³-hybridized carbons (Fsp3) is 0.235. The summed E-state index contributed by atoms with van der Waals surface area (Å²) in [5, 5.41) is 9.30. The Morgan fingerprint density at radius 2 is 1.81 bits per heavy atom. The molecule has 0 spiro atoms. The minimum Gasteiger partial charge on any atom is -0.397 e. The maximum Gasteiger partial charge on any atom is 0.112 e. The van der Waals surface area contributed by atoms with Gasteiger partial charge in [0.2, 0.25) is 0 Å². The molecule has 0 radical (unpaired) electrons. The van der Waals surface area contributed by atoms with Crippen LogP contribution in [0.5, 0.6) is 0 Å². The third kappa shape index (κ3) is 2.76. The first-order chi connectivity index (χ1) is 10.3. The van der Waals surface area contributed by atoms with Gasteiger partial charge in [-0.2, -0.15) is 0 Å². The van der Waals surface area contributed by atoms with Gasteiger partial charge in [-0.25, -0.2) is 4.98 Å². The number of aryl methyl sites for hydroxylation is 2. The monoisotopic (exact) mass is 281 g/mol. The molecule has 0 amide bonds. The van der Waals surface area contributed by atoms with E-state index in [1.54, 1.807) is 0 Å². The lowest BCUT2D eigenvalue weighted by molar-refractivity contribution is 0.276. The number of hydrogen-bond donors (Lipinski definition) is 2. The van der Waals surface area contributed by atoms with Crippen LogP contribution in [-0.2, 0) is 19.4 Å². The fourth-order valence-electron chi connectivity index (χ4n) is 2.66. The van der Waals surface area contributed by atoms with Crippen molar-refractivity contribution in [2.24, 2.45) is 0 Å². The Kier molecular flexibility index (Phi) is 3.88. The van der Waals surface area contributed by atoms with Crippen LogP contribution in [0.15, 0.2) is 48.5 Å². The standard InChI is InChI=1S/C17H19N3O/c18-14-7-4-8-15-17(14)19-16(20(15)11-12-21)10-9-13-5-2-1-3-6-13/h1-8,21H,9-12,18H2. The number of anilines is 1. The Labute approximate surface area is 123 Å². The summed E-state index contributed by atoms with van der Waals surface area (Å²) < 4.78 is 2.06. The number of fused-ring (bicyclic) bond motifs is 1. The second kappa shape index (κ2) is 5.97. The number of hydrogen-bond acceptors (Lipinski definition) is 3. The molecule has 2 aromatic carbocycles. The first-order valence-corrected chi connectivity index (χ1v) is 7.18. The van der Waals surface area contributed by atoms with E-state index in [0.717, 1.165) is 29.7 Å². The molecule has 4 nitrogen and oxygen atoms in total. The quantitative estimate of drug-likeness (QED) is 0.706. The zero-order chi connectivity index (χ0) is 14.7. The second-order valence-electron chi connectivity index (χ2n) is 5.10. The molecule has 4 heteroatoms. The molecule has 0 aliphatic rings. The smallest absolute Gasteiger partial charge is 0.112 e. The average molecular weight is 281 g/mol. The molecule has 0 unspecified atom stereocenters. The van der Waals surface area contributed by atoms with Crippen LogP contribution in [0.1, 0.15) is 11.4 Å². The van der Waals surface area contributed by atoms with Crippen molar-refractivity contribution in [3.05, 3.63) is 59.9 Å². The maximum absolute atomic E-state index is 9.30. The molecule has 0 aliphatic carbocycles. The lowest BCUT2D eigenvalue weighted by atomic mass is 10.1. The van der Waals surface area contributed by atoms with E-state index < -0.39 is 0 Å². The molecule has 3 rings (SSSR count). The predicted octanol–water partition coefficient (Wildman–Crippen LogP) is 2.40. The number of aliphatic hydroxyl groups is 1. The van der Waals surface area contributed by atoms with E-state index in [1.807, 2.05) is 36.4 Å². The third-order valence-electron chi connectivity index (χ3n) is 3.69. The SMILES string of the molecule is Nc1cccc2c1nc(CCc1ccccc1)n2CCO. The lowest BCUT2D eigenvalue weighted by Crippen LogP contribution is -2.08. The van der Waals surface area contributed by atoms with Crippen LogP contribution in [0, 0.1) is 0 Å². The topological polar surface area (TPSA) is 64.1 Å². The van der Waals surface area contributed by atoms with Crippen LogP contribution < -0.4 is 5.73 Å². The van der Waals surface area contributed by atoms with Crippen molar-refractivity contribution in [1.82, 2.24) is 9.55 Å². The van der Waals surface area contributed by atoms with Crippen LogP contribution in [0.2, 0.25) is 0 Å². The number of imidazole rings is 1. The summed E-state index contributed by atoms with van der Waals surface area (Å²) in [6.45, 7) is 0.642.